The van der Waals surface area contributed by atoms with Gasteiger partial charge < -0.3 is 19.4 Å². The third kappa shape index (κ3) is 4.33. The fourth-order valence-electron chi connectivity index (χ4n) is 3.87. The summed E-state index contributed by atoms with van der Waals surface area (Å²) in [5, 5.41) is 19.9. The van der Waals surface area contributed by atoms with E-state index in [1.54, 1.807) is 6.20 Å². The van der Waals surface area contributed by atoms with Gasteiger partial charge in [-0.25, -0.2) is 4.79 Å². The van der Waals surface area contributed by atoms with Crippen LogP contribution in [0.2, 0.25) is 0 Å². The number of rotatable bonds is 7. The number of nitrogens with zero attached hydrogens (tertiary/aromatic N) is 2. The first kappa shape index (κ1) is 20.8. The fourth-order valence-corrected chi connectivity index (χ4v) is 3.87. The van der Waals surface area contributed by atoms with Crippen LogP contribution in [0.3, 0.4) is 0 Å². The van der Waals surface area contributed by atoms with Crippen molar-refractivity contribution in [3.8, 4) is 11.3 Å². The average Bonchev–Trinajstić information content (AvgIpc) is 3.30. The number of aromatic nitrogens is 2. The average molecular weight is 412 g/mol. The number of hydrogen-bond acceptors (Lipinski definition) is 6. The quantitative estimate of drug-likeness (QED) is 0.618. The smallest absolute Gasteiger partial charge is 0.353 e. The van der Waals surface area contributed by atoms with Gasteiger partial charge in [0.1, 0.15) is 18.1 Å². The van der Waals surface area contributed by atoms with Gasteiger partial charge in [-0.2, -0.15) is 4.98 Å². The summed E-state index contributed by atoms with van der Waals surface area (Å²) in [6, 6.07) is 10.1. The van der Waals surface area contributed by atoms with E-state index in [2.05, 4.69) is 31.0 Å². The molecule has 3 aromatic rings. The largest absolute Gasteiger partial charge is 0.437 e. The van der Waals surface area contributed by atoms with Crippen LogP contribution in [0.15, 0.2) is 45.7 Å². The highest BCUT2D eigenvalue weighted by Crippen LogP contribution is 2.30. The molecule has 3 heterocycles. The minimum Gasteiger partial charge on any atom is -0.437 e. The summed E-state index contributed by atoms with van der Waals surface area (Å²) in [4.78, 5) is 16.5. The lowest BCUT2D eigenvalue weighted by Gasteiger charge is -2.13. The van der Waals surface area contributed by atoms with Gasteiger partial charge in [-0.05, 0) is 30.4 Å². The first-order chi connectivity index (χ1) is 14.4. The van der Waals surface area contributed by atoms with E-state index in [0.29, 0.717) is 17.1 Å². The van der Waals surface area contributed by atoms with E-state index < -0.39 is 24.1 Å². The van der Waals surface area contributed by atoms with Gasteiger partial charge in [0.25, 0.3) is 0 Å². The Morgan fingerprint density at radius 3 is 2.70 bits per heavy atom. The second-order valence-electron chi connectivity index (χ2n) is 8.40. The maximum atomic E-state index is 12.4. The van der Waals surface area contributed by atoms with E-state index in [4.69, 9.17) is 9.15 Å². The summed E-state index contributed by atoms with van der Waals surface area (Å²) in [7, 11) is 0. The lowest BCUT2D eigenvalue weighted by molar-refractivity contribution is -0.0457. The lowest BCUT2D eigenvalue weighted by Crippen LogP contribution is -2.27. The standard InChI is InChI=1S/C23H28N2O5/c1-14(2)4-3-5-15-6-8-16(9-7-15)19-10-17-12-25(23(28)24-22(17)30-19)21-11-18(27)20(13-26)29-21/h6-10,12,14,18,20-21,26-27H,3-5,11,13H2,1-2H3/t18-,20+,21+/m0/s1. The summed E-state index contributed by atoms with van der Waals surface area (Å²) in [5.74, 6) is 1.36. The van der Waals surface area contributed by atoms with Crippen LogP contribution in [0.5, 0.6) is 0 Å². The molecule has 1 aliphatic rings. The van der Waals surface area contributed by atoms with E-state index in [1.807, 2.05) is 18.2 Å². The van der Waals surface area contributed by atoms with Crippen LogP contribution in [-0.2, 0) is 11.2 Å². The second kappa shape index (κ2) is 8.71. The molecular formula is C23H28N2O5. The predicted molar refractivity (Wildman–Crippen MR) is 113 cm³/mol. The number of benzene rings is 1. The molecule has 4 rings (SSSR count). The molecule has 2 aromatic heterocycles. The molecule has 0 radical (unpaired) electrons. The molecule has 0 amide bonds. The van der Waals surface area contributed by atoms with E-state index >= 15 is 0 Å². The summed E-state index contributed by atoms with van der Waals surface area (Å²) in [5.41, 5.74) is 1.97. The Hall–Kier alpha value is -2.48. The zero-order chi connectivity index (χ0) is 21.3. The minimum absolute atomic E-state index is 0.224. The third-order valence-corrected chi connectivity index (χ3v) is 5.62. The number of hydrogen-bond donors (Lipinski definition) is 2. The monoisotopic (exact) mass is 412 g/mol. The number of aliphatic hydroxyl groups excluding tert-OH is 2. The Balaban J connectivity index is 1.54. The van der Waals surface area contributed by atoms with Crippen LogP contribution >= 0.6 is 0 Å². The molecule has 30 heavy (non-hydrogen) atoms. The summed E-state index contributed by atoms with van der Waals surface area (Å²) >= 11 is 0. The predicted octanol–water partition coefficient (Wildman–Crippen LogP) is 3.28. The molecule has 7 heteroatoms. The number of ether oxygens (including phenoxy) is 1. The first-order valence-electron chi connectivity index (χ1n) is 10.5. The van der Waals surface area contributed by atoms with Crippen molar-refractivity contribution in [3.63, 3.8) is 0 Å². The molecule has 160 valence electrons. The summed E-state index contributed by atoms with van der Waals surface area (Å²) in [6.45, 7) is 4.18. The van der Waals surface area contributed by atoms with Gasteiger partial charge in [-0.1, -0.05) is 44.5 Å². The SMILES string of the molecule is CC(C)CCCc1ccc(-c2cc3cn([C@H]4C[C@H](O)[C@@H](CO)O4)c(=O)nc3o2)cc1. The van der Waals surface area contributed by atoms with Crippen LogP contribution in [0.1, 0.15) is 44.9 Å². The molecule has 0 bridgehead atoms. The van der Waals surface area contributed by atoms with Crippen molar-refractivity contribution in [2.45, 2.75) is 58.0 Å². The van der Waals surface area contributed by atoms with Gasteiger partial charge in [-0.15, -0.1) is 0 Å². The first-order valence-corrected chi connectivity index (χ1v) is 10.5. The number of aryl methyl sites for hydroxylation is 1. The molecular weight excluding hydrogens is 384 g/mol. The highest BCUT2D eigenvalue weighted by molar-refractivity contribution is 5.79. The van der Waals surface area contributed by atoms with Gasteiger partial charge in [0, 0.05) is 18.2 Å². The fraction of sp³-hybridized carbons (Fsp3) is 0.478. The molecule has 0 spiro atoms. The van der Waals surface area contributed by atoms with Crippen molar-refractivity contribution in [1.29, 1.82) is 0 Å². The van der Waals surface area contributed by atoms with Crippen LogP contribution in [0.4, 0.5) is 0 Å². The molecule has 1 saturated heterocycles. The molecule has 7 nitrogen and oxygen atoms in total. The van der Waals surface area contributed by atoms with Crippen molar-refractivity contribution in [1.82, 2.24) is 9.55 Å². The van der Waals surface area contributed by atoms with Gasteiger partial charge in [0.15, 0.2) is 0 Å². The summed E-state index contributed by atoms with van der Waals surface area (Å²) < 4.78 is 12.7. The summed E-state index contributed by atoms with van der Waals surface area (Å²) in [6.07, 6.45) is 3.13. The van der Waals surface area contributed by atoms with Crippen molar-refractivity contribution < 1.29 is 19.4 Å². The Kier molecular flexibility index (Phi) is 6.04. The number of furan rings is 1. The van der Waals surface area contributed by atoms with E-state index in [0.717, 1.165) is 12.0 Å². The van der Waals surface area contributed by atoms with Crippen LogP contribution < -0.4 is 5.69 Å². The Morgan fingerprint density at radius 1 is 1.27 bits per heavy atom. The molecule has 1 fully saturated rings. The molecule has 0 saturated carbocycles. The van der Waals surface area contributed by atoms with E-state index in [1.165, 1.54) is 23.0 Å². The van der Waals surface area contributed by atoms with E-state index in [-0.39, 0.29) is 18.7 Å². The third-order valence-electron chi connectivity index (χ3n) is 5.62. The molecule has 2 N–H and O–H groups in total. The Morgan fingerprint density at radius 2 is 2.03 bits per heavy atom. The van der Waals surface area contributed by atoms with Crippen molar-refractivity contribution >= 4 is 11.1 Å². The molecule has 3 atom stereocenters. The zero-order valence-corrected chi connectivity index (χ0v) is 17.3. The number of fused-ring (bicyclic) bond motifs is 1. The van der Waals surface area contributed by atoms with E-state index in [9.17, 15) is 15.0 Å². The van der Waals surface area contributed by atoms with Crippen LogP contribution in [-0.4, -0.2) is 38.6 Å². The molecule has 0 aliphatic carbocycles. The second-order valence-corrected chi connectivity index (χ2v) is 8.40. The lowest BCUT2D eigenvalue weighted by atomic mass is 10.0. The van der Waals surface area contributed by atoms with Gasteiger partial charge >= 0.3 is 5.69 Å². The Labute approximate surface area is 174 Å². The molecule has 1 aromatic carbocycles. The maximum absolute atomic E-state index is 12.4. The van der Waals surface area contributed by atoms with Crippen molar-refractivity contribution in [2.75, 3.05) is 6.61 Å². The van der Waals surface area contributed by atoms with Crippen molar-refractivity contribution in [3.05, 3.63) is 52.6 Å². The van der Waals surface area contributed by atoms with Crippen LogP contribution in [0.25, 0.3) is 22.4 Å². The topological polar surface area (TPSA) is 97.7 Å². The highest BCUT2D eigenvalue weighted by Gasteiger charge is 2.35. The Bertz CT molecular complexity index is 1050. The van der Waals surface area contributed by atoms with Crippen LogP contribution in [0, 0.1) is 5.92 Å². The minimum atomic E-state index is -0.818. The molecule has 0 unspecified atom stereocenters. The maximum Gasteiger partial charge on any atom is 0.353 e. The van der Waals surface area contributed by atoms with Gasteiger partial charge in [0.05, 0.1) is 18.1 Å². The normalized spacial score (nSPS) is 21.7. The number of aliphatic hydroxyl groups is 2. The van der Waals surface area contributed by atoms with Gasteiger partial charge in [0.2, 0.25) is 5.71 Å². The highest BCUT2D eigenvalue weighted by atomic mass is 16.5. The molecule has 1 aliphatic heterocycles. The van der Waals surface area contributed by atoms with Gasteiger partial charge in [-0.3, -0.25) is 4.57 Å². The van der Waals surface area contributed by atoms with Crippen molar-refractivity contribution in [2.24, 2.45) is 5.92 Å². The zero-order valence-electron chi connectivity index (χ0n) is 17.3.